The molecule has 4 nitrogen and oxygen atoms in total. The molecule has 3 aliphatic rings. The zero-order valence-corrected chi connectivity index (χ0v) is 17.2. The molecule has 0 bridgehead atoms. The van der Waals surface area contributed by atoms with Crippen LogP contribution in [0.1, 0.15) is 30.4 Å². The average Bonchev–Trinajstić information content (AvgIpc) is 3.38. The number of amidine groups is 1. The average molecular weight is 425 g/mol. The molecule has 2 aromatic rings. The van der Waals surface area contributed by atoms with Gasteiger partial charge in [0, 0.05) is 11.8 Å². The molecule has 1 aromatic heterocycles. The number of hydrogen-bond donors (Lipinski definition) is 0. The molecule has 3 heterocycles. The van der Waals surface area contributed by atoms with Crippen LogP contribution in [0, 0.1) is 0 Å². The topological polar surface area (TPSA) is 33.5 Å². The van der Waals surface area contributed by atoms with E-state index in [-0.39, 0.29) is 0 Å². The Hall–Kier alpha value is -3.05. The largest absolute Gasteiger partial charge is 0.417 e. The van der Waals surface area contributed by atoms with Crippen molar-refractivity contribution >= 4 is 17.4 Å². The molecule has 0 atom stereocenters. The first-order chi connectivity index (χ1) is 15.0. The minimum atomic E-state index is -4.36. The zero-order valence-electron chi connectivity index (χ0n) is 17.2. The van der Waals surface area contributed by atoms with E-state index < -0.39 is 11.7 Å². The first-order valence-electron chi connectivity index (χ1n) is 10.7. The lowest BCUT2D eigenvalue weighted by Gasteiger charge is -2.31. The Bertz CT molecular complexity index is 1060. The first-order valence-corrected chi connectivity index (χ1v) is 10.7. The Kier molecular flexibility index (Phi) is 5.06. The predicted molar refractivity (Wildman–Crippen MR) is 116 cm³/mol. The van der Waals surface area contributed by atoms with Gasteiger partial charge < -0.3 is 4.90 Å². The highest BCUT2D eigenvalue weighted by Crippen LogP contribution is 2.32. The molecular formula is C24H24F3N4+. The molecular weight excluding hydrogens is 401 g/mol. The summed E-state index contributed by atoms with van der Waals surface area (Å²) in [5, 5.41) is 0. The van der Waals surface area contributed by atoms with Crippen LogP contribution in [0.15, 0.2) is 59.8 Å². The van der Waals surface area contributed by atoms with E-state index in [9.17, 15) is 13.2 Å². The molecule has 0 radical (unpaired) electrons. The van der Waals surface area contributed by atoms with Gasteiger partial charge in [0.1, 0.15) is 18.9 Å². The maximum atomic E-state index is 12.8. The van der Waals surface area contributed by atoms with Crippen molar-refractivity contribution in [3.8, 4) is 0 Å². The Balaban J connectivity index is 1.30. The predicted octanol–water partition coefficient (Wildman–Crippen LogP) is 3.87. The van der Waals surface area contributed by atoms with Gasteiger partial charge in [-0.05, 0) is 37.0 Å². The lowest BCUT2D eigenvalue weighted by atomic mass is 10.0. The van der Waals surface area contributed by atoms with Gasteiger partial charge in [-0.3, -0.25) is 0 Å². The Morgan fingerprint density at radius 2 is 1.58 bits per heavy atom. The monoisotopic (exact) mass is 425 g/mol. The highest BCUT2D eigenvalue weighted by Gasteiger charge is 2.40. The Labute approximate surface area is 179 Å². The first kappa shape index (κ1) is 19.9. The van der Waals surface area contributed by atoms with E-state index >= 15 is 0 Å². The summed E-state index contributed by atoms with van der Waals surface area (Å²) in [4.78, 5) is 8.43. The smallest absolute Gasteiger partial charge is 0.349 e. The van der Waals surface area contributed by atoms with Crippen molar-refractivity contribution in [3.05, 3.63) is 70.9 Å². The normalized spacial score (nSPS) is 18.9. The van der Waals surface area contributed by atoms with Crippen molar-refractivity contribution < 1.29 is 13.2 Å². The van der Waals surface area contributed by atoms with Crippen LogP contribution >= 0.6 is 0 Å². The van der Waals surface area contributed by atoms with E-state index in [4.69, 9.17) is 4.67 Å². The fraction of sp³-hybridized carbons (Fsp3) is 0.375. The third kappa shape index (κ3) is 3.98. The number of benzene rings is 1. The van der Waals surface area contributed by atoms with Gasteiger partial charge in [0.15, 0.2) is 0 Å². The number of allylic oxidation sites excluding steroid dienone is 1. The lowest BCUT2D eigenvalue weighted by molar-refractivity contribution is -0.137. The standard InChI is InChI=1S/C24H24F3N4/c25-24(26,27)18-9-10-22(28-16-18)30-11-13-31(14-12-30)23-20-8-4-7-19(20)21(29-23)15-17-5-2-1-3-6-17/h1-3,5-6,9-10,16H,4,7-8,11-15H2/q+1. The van der Waals surface area contributed by atoms with Crippen LogP contribution in [-0.2, 0) is 12.6 Å². The lowest BCUT2D eigenvalue weighted by Crippen LogP contribution is -2.49. The molecule has 0 unspecified atom stereocenters. The van der Waals surface area contributed by atoms with Crippen LogP contribution < -0.4 is 9.57 Å². The molecule has 31 heavy (non-hydrogen) atoms. The van der Waals surface area contributed by atoms with E-state index in [1.54, 1.807) is 0 Å². The van der Waals surface area contributed by atoms with Crippen LogP contribution in [0.5, 0.6) is 0 Å². The second kappa shape index (κ2) is 7.89. The molecule has 160 valence electrons. The van der Waals surface area contributed by atoms with Crippen LogP contribution in [0.2, 0.25) is 0 Å². The summed E-state index contributed by atoms with van der Waals surface area (Å²) in [6, 6.07) is 13.0. The highest BCUT2D eigenvalue weighted by molar-refractivity contribution is 6.17. The third-order valence-electron chi connectivity index (χ3n) is 6.27. The SMILES string of the molecule is FC(F)(F)c1ccc(N2CCN(C3=[N+]=C(Cc4ccccc4)C4=C3CCC4)CC2)nc1. The fourth-order valence-corrected chi connectivity index (χ4v) is 4.66. The number of rotatable bonds is 3. The van der Waals surface area contributed by atoms with Gasteiger partial charge in [-0.2, -0.15) is 13.2 Å². The van der Waals surface area contributed by atoms with E-state index in [0.717, 1.165) is 50.5 Å². The van der Waals surface area contributed by atoms with Crippen molar-refractivity contribution in [1.29, 1.82) is 0 Å². The second-order valence-corrected chi connectivity index (χ2v) is 8.23. The fourth-order valence-electron chi connectivity index (χ4n) is 4.66. The molecule has 1 aromatic carbocycles. The summed E-state index contributed by atoms with van der Waals surface area (Å²) in [7, 11) is 0. The summed E-state index contributed by atoms with van der Waals surface area (Å²) in [6.45, 7) is 3.01. The summed E-state index contributed by atoms with van der Waals surface area (Å²) in [6.07, 6.45) is 0.776. The minimum Gasteiger partial charge on any atom is -0.349 e. The summed E-state index contributed by atoms with van der Waals surface area (Å²) < 4.78 is 43.4. The molecule has 5 rings (SSSR count). The van der Waals surface area contributed by atoms with Crippen LogP contribution in [-0.4, -0.2) is 47.6 Å². The van der Waals surface area contributed by atoms with Gasteiger partial charge in [-0.15, -0.1) is 0 Å². The van der Waals surface area contributed by atoms with Crippen LogP contribution in [0.3, 0.4) is 0 Å². The molecule has 0 saturated carbocycles. The molecule has 0 amide bonds. The van der Waals surface area contributed by atoms with Crippen LogP contribution in [0.4, 0.5) is 19.0 Å². The van der Waals surface area contributed by atoms with E-state index in [1.807, 2.05) is 11.0 Å². The molecule has 0 N–H and O–H groups in total. The van der Waals surface area contributed by atoms with Crippen molar-refractivity contribution in [3.63, 3.8) is 0 Å². The number of aromatic nitrogens is 1. The minimum absolute atomic E-state index is 0.595. The van der Waals surface area contributed by atoms with Gasteiger partial charge in [0.25, 0.3) is 0 Å². The molecule has 2 aliphatic heterocycles. The Morgan fingerprint density at radius 1 is 0.871 bits per heavy atom. The number of nitrogens with zero attached hydrogens (tertiary/aromatic N) is 4. The Morgan fingerprint density at radius 3 is 2.26 bits per heavy atom. The quantitative estimate of drug-likeness (QED) is 0.701. The summed E-state index contributed by atoms with van der Waals surface area (Å²) >= 11 is 0. The van der Waals surface area contributed by atoms with Gasteiger partial charge >= 0.3 is 12.0 Å². The van der Waals surface area contributed by atoms with Gasteiger partial charge in [-0.1, -0.05) is 30.3 Å². The van der Waals surface area contributed by atoms with Crippen molar-refractivity contribution in [2.45, 2.75) is 31.9 Å². The number of anilines is 1. The molecule has 1 fully saturated rings. The van der Waals surface area contributed by atoms with Gasteiger partial charge in [0.2, 0.25) is 5.71 Å². The van der Waals surface area contributed by atoms with Gasteiger partial charge in [0.05, 0.1) is 30.6 Å². The number of halogens is 3. The maximum absolute atomic E-state index is 12.8. The molecule has 1 saturated heterocycles. The number of alkyl halides is 3. The van der Waals surface area contributed by atoms with E-state index in [2.05, 4.69) is 34.1 Å². The van der Waals surface area contributed by atoms with E-state index in [0.29, 0.717) is 18.9 Å². The summed E-state index contributed by atoms with van der Waals surface area (Å²) in [5.41, 5.74) is 4.58. The highest BCUT2D eigenvalue weighted by atomic mass is 19.4. The maximum Gasteiger partial charge on any atom is 0.417 e. The van der Waals surface area contributed by atoms with Crippen molar-refractivity contribution in [1.82, 2.24) is 14.6 Å². The zero-order chi connectivity index (χ0) is 21.4. The molecule has 7 heteroatoms. The van der Waals surface area contributed by atoms with Crippen molar-refractivity contribution in [2.24, 2.45) is 0 Å². The summed E-state index contributed by atoms with van der Waals surface area (Å²) in [5.74, 6) is 1.71. The van der Waals surface area contributed by atoms with Gasteiger partial charge in [-0.25, -0.2) is 14.6 Å². The number of pyridine rings is 1. The van der Waals surface area contributed by atoms with Crippen LogP contribution in [0.25, 0.3) is 0 Å². The number of hydrogen-bond acceptors (Lipinski definition) is 3. The third-order valence-corrected chi connectivity index (χ3v) is 6.27. The molecule has 1 aliphatic carbocycles. The second-order valence-electron chi connectivity index (χ2n) is 8.23. The van der Waals surface area contributed by atoms with Crippen molar-refractivity contribution in [2.75, 3.05) is 31.1 Å². The molecule has 0 spiro atoms. The van der Waals surface area contributed by atoms with E-state index in [1.165, 1.54) is 34.9 Å². The number of piperazine rings is 1.